The van der Waals surface area contributed by atoms with Crippen molar-refractivity contribution in [3.8, 4) is 16.9 Å². The van der Waals surface area contributed by atoms with Gasteiger partial charge in [0.25, 0.3) is 0 Å². The molecule has 0 N–H and O–H groups in total. The highest BCUT2D eigenvalue weighted by Gasteiger charge is 2.03. The van der Waals surface area contributed by atoms with Crippen LogP contribution in [-0.4, -0.2) is 7.11 Å². The second-order valence-electron chi connectivity index (χ2n) is 3.44. The Hall–Kier alpha value is -2.45. The van der Waals surface area contributed by atoms with Crippen LogP contribution in [0.1, 0.15) is 0 Å². The smallest absolute Gasteiger partial charge is 0.126 e. The van der Waals surface area contributed by atoms with Crippen LogP contribution in [0.3, 0.4) is 0 Å². The molecule has 0 bridgehead atoms. The summed E-state index contributed by atoms with van der Waals surface area (Å²) in [6, 6.07) is 15.2. The molecule has 0 unspecified atom stereocenters. The summed E-state index contributed by atoms with van der Waals surface area (Å²) in [5, 5.41) is 3.53. The largest absolute Gasteiger partial charge is 0.496 e. The van der Waals surface area contributed by atoms with Crippen LogP contribution in [0.4, 0.5) is 5.69 Å². The van der Waals surface area contributed by atoms with E-state index < -0.39 is 0 Å². The van der Waals surface area contributed by atoms with Gasteiger partial charge in [-0.2, -0.15) is 0 Å². The van der Waals surface area contributed by atoms with E-state index in [9.17, 15) is 0 Å². The molecule has 0 saturated heterocycles. The quantitative estimate of drug-likeness (QED) is 0.436. The van der Waals surface area contributed by atoms with Crippen molar-refractivity contribution in [2.75, 3.05) is 7.11 Å². The molecule has 0 spiro atoms. The topological polar surface area (TPSA) is 58.0 Å². The van der Waals surface area contributed by atoms with Gasteiger partial charge >= 0.3 is 0 Å². The predicted molar refractivity (Wildman–Crippen MR) is 67.2 cm³/mol. The first-order chi connectivity index (χ1) is 8.35. The first-order valence-corrected chi connectivity index (χ1v) is 5.13. The molecule has 0 aliphatic carbocycles. The minimum atomic E-state index is 0.603. The van der Waals surface area contributed by atoms with Gasteiger partial charge in [-0.15, -0.1) is 0 Å². The summed E-state index contributed by atoms with van der Waals surface area (Å²) in [5.41, 5.74) is 11.0. The zero-order valence-corrected chi connectivity index (χ0v) is 9.37. The number of azide groups is 1. The van der Waals surface area contributed by atoms with Crippen molar-refractivity contribution in [1.29, 1.82) is 0 Å². The van der Waals surface area contributed by atoms with E-state index in [0.29, 0.717) is 5.69 Å². The molecule has 0 saturated carbocycles. The predicted octanol–water partition coefficient (Wildman–Crippen LogP) is 4.30. The van der Waals surface area contributed by atoms with Gasteiger partial charge in [-0.1, -0.05) is 47.6 Å². The van der Waals surface area contributed by atoms with Crippen LogP contribution in [0, 0.1) is 0 Å². The standard InChI is InChI=1S/C13H11N3O/c1-17-13-5-3-2-4-12(13)10-6-8-11(9-7-10)15-16-14/h2-9H,1H3. The molecule has 0 aliphatic rings. The maximum absolute atomic E-state index is 8.33. The van der Waals surface area contributed by atoms with Crippen molar-refractivity contribution in [2.24, 2.45) is 5.11 Å². The summed E-state index contributed by atoms with van der Waals surface area (Å²) in [6.07, 6.45) is 0. The average Bonchev–Trinajstić information content (AvgIpc) is 2.40. The van der Waals surface area contributed by atoms with E-state index >= 15 is 0 Å². The van der Waals surface area contributed by atoms with Gasteiger partial charge < -0.3 is 4.74 Å². The Kier molecular flexibility index (Phi) is 3.28. The van der Waals surface area contributed by atoms with Crippen molar-refractivity contribution < 1.29 is 4.74 Å². The molecule has 0 aromatic heterocycles. The lowest BCUT2D eigenvalue weighted by Crippen LogP contribution is -1.86. The molecule has 0 heterocycles. The van der Waals surface area contributed by atoms with Crippen molar-refractivity contribution in [1.82, 2.24) is 0 Å². The number of ether oxygens (including phenoxy) is 1. The van der Waals surface area contributed by atoms with Gasteiger partial charge in [-0.25, -0.2) is 0 Å². The second-order valence-corrected chi connectivity index (χ2v) is 3.44. The third kappa shape index (κ3) is 2.38. The fraction of sp³-hybridized carbons (Fsp3) is 0.0769. The molecule has 84 valence electrons. The van der Waals surface area contributed by atoms with E-state index in [-0.39, 0.29) is 0 Å². The Balaban J connectivity index is 2.42. The fourth-order valence-corrected chi connectivity index (χ4v) is 1.64. The summed E-state index contributed by atoms with van der Waals surface area (Å²) < 4.78 is 5.30. The van der Waals surface area contributed by atoms with Gasteiger partial charge in [0.2, 0.25) is 0 Å². The molecular weight excluding hydrogens is 214 g/mol. The number of rotatable bonds is 3. The molecule has 4 heteroatoms. The van der Waals surface area contributed by atoms with Crippen LogP contribution in [0.15, 0.2) is 53.6 Å². The number of para-hydroxylation sites is 1. The maximum Gasteiger partial charge on any atom is 0.126 e. The minimum absolute atomic E-state index is 0.603. The Bertz CT molecular complexity index is 557. The first-order valence-electron chi connectivity index (χ1n) is 5.13. The molecule has 4 nitrogen and oxygen atoms in total. The number of methoxy groups -OCH3 is 1. The number of benzene rings is 2. The fourth-order valence-electron chi connectivity index (χ4n) is 1.64. The Labute approximate surface area is 99.1 Å². The molecule has 0 fully saturated rings. The van der Waals surface area contributed by atoms with E-state index in [0.717, 1.165) is 16.9 Å². The lowest BCUT2D eigenvalue weighted by atomic mass is 10.0. The Morgan fingerprint density at radius 2 is 1.76 bits per heavy atom. The molecule has 2 rings (SSSR count). The SMILES string of the molecule is COc1ccccc1-c1ccc(N=[N+]=[N-])cc1. The van der Waals surface area contributed by atoms with Crippen molar-refractivity contribution in [3.63, 3.8) is 0 Å². The van der Waals surface area contributed by atoms with Crippen LogP contribution in [0.5, 0.6) is 5.75 Å². The normalized spacial score (nSPS) is 9.47. The summed E-state index contributed by atoms with van der Waals surface area (Å²) >= 11 is 0. The van der Waals surface area contributed by atoms with Gasteiger partial charge in [0.05, 0.1) is 7.11 Å². The zero-order chi connectivity index (χ0) is 12.1. The van der Waals surface area contributed by atoms with Gasteiger partial charge in [0, 0.05) is 16.2 Å². The van der Waals surface area contributed by atoms with Crippen molar-refractivity contribution in [2.45, 2.75) is 0 Å². The van der Waals surface area contributed by atoms with Gasteiger partial charge in [-0.05, 0) is 17.2 Å². The summed E-state index contributed by atoms with van der Waals surface area (Å²) in [4.78, 5) is 2.74. The van der Waals surface area contributed by atoms with Crippen molar-refractivity contribution >= 4 is 5.69 Å². The highest BCUT2D eigenvalue weighted by Crippen LogP contribution is 2.30. The number of hydrogen-bond acceptors (Lipinski definition) is 2. The monoisotopic (exact) mass is 225 g/mol. The van der Waals surface area contributed by atoms with Gasteiger partial charge in [0.15, 0.2) is 0 Å². The number of nitrogens with zero attached hydrogens (tertiary/aromatic N) is 3. The van der Waals surface area contributed by atoms with Crippen LogP contribution in [-0.2, 0) is 0 Å². The number of hydrogen-bond donors (Lipinski definition) is 0. The van der Waals surface area contributed by atoms with Crippen LogP contribution >= 0.6 is 0 Å². The minimum Gasteiger partial charge on any atom is -0.496 e. The molecule has 17 heavy (non-hydrogen) atoms. The van der Waals surface area contributed by atoms with Crippen LogP contribution < -0.4 is 4.74 Å². The molecule has 2 aromatic carbocycles. The molecule has 2 aromatic rings. The molecular formula is C13H11N3O. The van der Waals surface area contributed by atoms with Gasteiger partial charge in [-0.3, -0.25) is 0 Å². The molecule has 0 aliphatic heterocycles. The van der Waals surface area contributed by atoms with Crippen LogP contribution in [0.2, 0.25) is 0 Å². The zero-order valence-electron chi connectivity index (χ0n) is 9.37. The third-order valence-electron chi connectivity index (χ3n) is 2.45. The van der Waals surface area contributed by atoms with Crippen molar-refractivity contribution in [3.05, 3.63) is 59.0 Å². The lowest BCUT2D eigenvalue weighted by Gasteiger charge is -2.08. The lowest BCUT2D eigenvalue weighted by molar-refractivity contribution is 0.416. The summed E-state index contributed by atoms with van der Waals surface area (Å²) in [7, 11) is 1.65. The highest BCUT2D eigenvalue weighted by molar-refractivity contribution is 5.71. The molecule has 0 atom stereocenters. The van der Waals surface area contributed by atoms with Crippen LogP contribution in [0.25, 0.3) is 21.6 Å². The van der Waals surface area contributed by atoms with E-state index in [2.05, 4.69) is 10.0 Å². The average molecular weight is 225 g/mol. The second kappa shape index (κ2) is 5.05. The van der Waals surface area contributed by atoms with E-state index in [4.69, 9.17) is 10.3 Å². The summed E-state index contributed by atoms with van der Waals surface area (Å²) in [6.45, 7) is 0. The Morgan fingerprint density at radius 1 is 1.06 bits per heavy atom. The van der Waals surface area contributed by atoms with Gasteiger partial charge in [0.1, 0.15) is 5.75 Å². The van der Waals surface area contributed by atoms with E-state index in [1.54, 1.807) is 19.2 Å². The molecule has 0 amide bonds. The first kappa shape index (κ1) is 11.0. The Morgan fingerprint density at radius 3 is 2.41 bits per heavy atom. The molecule has 0 radical (unpaired) electrons. The summed E-state index contributed by atoms with van der Waals surface area (Å²) in [5.74, 6) is 0.823. The maximum atomic E-state index is 8.33. The van der Waals surface area contributed by atoms with E-state index in [1.807, 2.05) is 36.4 Å². The highest BCUT2D eigenvalue weighted by atomic mass is 16.5. The third-order valence-corrected chi connectivity index (χ3v) is 2.45. The van der Waals surface area contributed by atoms with E-state index in [1.165, 1.54) is 0 Å².